The zero-order chi connectivity index (χ0) is 12.0. The first-order chi connectivity index (χ1) is 7.58. The topological polar surface area (TPSA) is 58.2 Å². The van der Waals surface area contributed by atoms with E-state index in [1.165, 1.54) is 19.1 Å². The van der Waals surface area contributed by atoms with Gasteiger partial charge in [-0.05, 0) is 17.7 Å². The highest BCUT2D eigenvalue weighted by Crippen LogP contribution is 2.01. The lowest BCUT2D eigenvalue weighted by Crippen LogP contribution is -2.35. The highest BCUT2D eigenvalue weighted by Gasteiger charge is 2.01. The second-order valence-electron chi connectivity index (χ2n) is 3.31. The third-order valence-corrected chi connectivity index (χ3v) is 1.90. The van der Waals surface area contributed by atoms with Gasteiger partial charge in [0.2, 0.25) is 11.8 Å². The number of benzene rings is 1. The number of amides is 2. The quantitative estimate of drug-likeness (QED) is 0.786. The molecule has 0 aliphatic heterocycles. The first-order valence-electron chi connectivity index (χ1n) is 4.83. The number of halogens is 1. The summed E-state index contributed by atoms with van der Waals surface area (Å²) in [5.41, 5.74) is 0.803. The maximum Gasteiger partial charge on any atom is 0.239 e. The lowest BCUT2D eigenvalue weighted by Gasteiger charge is -2.05. The van der Waals surface area contributed by atoms with Crippen LogP contribution in [0.25, 0.3) is 0 Å². The number of hydrogen-bond donors (Lipinski definition) is 2. The van der Waals surface area contributed by atoms with Crippen molar-refractivity contribution in [3.8, 4) is 0 Å². The van der Waals surface area contributed by atoms with Crippen molar-refractivity contribution in [3.63, 3.8) is 0 Å². The van der Waals surface area contributed by atoms with Crippen LogP contribution in [0.5, 0.6) is 0 Å². The van der Waals surface area contributed by atoms with Crippen LogP contribution in [-0.4, -0.2) is 18.4 Å². The van der Waals surface area contributed by atoms with E-state index in [-0.39, 0.29) is 24.2 Å². The molecule has 4 nitrogen and oxygen atoms in total. The van der Waals surface area contributed by atoms with Gasteiger partial charge in [-0.1, -0.05) is 12.1 Å². The number of carbonyl (C=O) groups excluding carboxylic acids is 2. The molecule has 1 aromatic carbocycles. The fraction of sp³-hybridized carbons (Fsp3) is 0.273. The average Bonchev–Trinajstić information content (AvgIpc) is 2.25. The minimum absolute atomic E-state index is 0.0451. The largest absolute Gasteiger partial charge is 0.350 e. The Morgan fingerprint density at radius 2 is 1.81 bits per heavy atom. The van der Waals surface area contributed by atoms with Gasteiger partial charge in [0.25, 0.3) is 0 Å². The van der Waals surface area contributed by atoms with Crippen molar-refractivity contribution in [2.45, 2.75) is 13.5 Å². The summed E-state index contributed by atoms with van der Waals surface area (Å²) in [7, 11) is 0. The van der Waals surface area contributed by atoms with Crippen LogP contribution in [0.15, 0.2) is 24.3 Å². The molecule has 0 atom stereocenters. The molecule has 0 heterocycles. The summed E-state index contributed by atoms with van der Waals surface area (Å²) in [5, 5.41) is 4.98. The van der Waals surface area contributed by atoms with Gasteiger partial charge in [-0.15, -0.1) is 0 Å². The molecule has 0 unspecified atom stereocenters. The third kappa shape index (κ3) is 4.54. The second kappa shape index (κ2) is 5.85. The highest BCUT2D eigenvalue weighted by atomic mass is 19.1. The van der Waals surface area contributed by atoms with Gasteiger partial charge in [-0.25, -0.2) is 4.39 Å². The van der Waals surface area contributed by atoms with Gasteiger partial charge in [-0.2, -0.15) is 0 Å². The average molecular weight is 224 g/mol. The SMILES string of the molecule is CC(=O)NCC(=O)NCc1ccc(F)cc1. The molecule has 0 bridgehead atoms. The molecule has 2 amide bonds. The van der Waals surface area contributed by atoms with E-state index in [9.17, 15) is 14.0 Å². The van der Waals surface area contributed by atoms with Gasteiger partial charge in [0.1, 0.15) is 5.82 Å². The van der Waals surface area contributed by atoms with Crippen LogP contribution in [-0.2, 0) is 16.1 Å². The maximum absolute atomic E-state index is 12.6. The smallest absolute Gasteiger partial charge is 0.239 e. The Hall–Kier alpha value is -1.91. The zero-order valence-electron chi connectivity index (χ0n) is 8.92. The number of nitrogens with one attached hydrogen (secondary N) is 2. The molecular weight excluding hydrogens is 211 g/mol. The molecule has 0 spiro atoms. The molecular formula is C11H13FN2O2. The lowest BCUT2D eigenvalue weighted by atomic mass is 10.2. The zero-order valence-corrected chi connectivity index (χ0v) is 8.92. The predicted molar refractivity (Wildman–Crippen MR) is 56.9 cm³/mol. The van der Waals surface area contributed by atoms with Crippen molar-refractivity contribution >= 4 is 11.8 Å². The molecule has 5 heteroatoms. The minimum atomic E-state index is -0.312. The van der Waals surface area contributed by atoms with E-state index in [2.05, 4.69) is 10.6 Å². The van der Waals surface area contributed by atoms with Crippen LogP contribution in [0.4, 0.5) is 4.39 Å². The molecule has 2 N–H and O–H groups in total. The molecule has 0 aliphatic carbocycles. The molecule has 0 aromatic heterocycles. The van der Waals surface area contributed by atoms with Crippen molar-refractivity contribution in [3.05, 3.63) is 35.6 Å². The molecule has 0 aliphatic rings. The Morgan fingerprint density at radius 3 is 2.38 bits per heavy atom. The van der Waals surface area contributed by atoms with Crippen molar-refractivity contribution in [1.29, 1.82) is 0 Å². The summed E-state index contributed by atoms with van der Waals surface area (Å²) in [6.07, 6.45) is 0. The third-order valence-electron chi connectivity index (χ3n) is 1.90. The summed E-state index contributed by atoms with van der Waals surface area (Å²) in [6.45, 7) is 1.61. The lowest BCUT2D eigenvalue weighted by molar-refractivity contribution is -0.125. The fourth-order valence-electron chi connectivity index (χ4n) is 1.07. The first-order valence-corrected chi connectivity index (χ1v) is 4.83. The van der Waals surface area contributed by atoms with E-state index >= 15 is 0 Å². The Balaban J connectivity index is 2.31. The minimum Gasteiger partial charge on any atom is -0.350 e. The Kier molecular flexibility index (Phi) is 4.44. The molecule has 0 saturated heterocycles. The summed E-state index contributed by atoms with van der Waals surface area (Å²) in [4.78, 5) is 21.7. The van der Waals surface area contributed by atoms with Crippen molar-refractivity contribution in [2.24, 2.45) is 0 Å². The maximum atomic E-state index is 12.6. The Morgan fingerprint density at radius 1 is 1.19 bits per heavy atom. The monoisotopic (exact) mass is 224 g/mol. The molecule has 0 fully saturated rings. The van der Waals surface area contributed by atoms with E-state index in [1.807, 2.05) is 0 Å². The summed E-state index contributed by atoms with van der Waals surface area (Å²) < 4.78 is 12.6. The Labute approximate surface area is 92.8 Å². The molecule has 0 saturated carbocycles. The first kappa shape index (κ1) is 12.2. The van der Waals surface area contributed by atoms with E-state index in [0.717, 1.165) is 5.56 Å². The fourth-order valence-corrected chi connectivity index (χ4v) is 1.07. The van der Waals surface area contributed by atoms with E-state index in [1.54, 1.807) is 12.1 Å². The number of carbonyl (C=O) groups is 2. The molecule has 0 radical (unpaired) electrons. The van der Waals surface area contributed by atoms with Gasteiger partial charge in [-0.3, -0.25) is 9.59 Å². The van der Waals surface area contributed by atoms with Crippen LogP contribution in [0.2, 0.25) is 0 Å². The normalized spacial score (nSPS) is 9.62. The van der Waals surface area contributed by atoms with Gasteiger partial charge >= 0.3 is 0 Å². The van der Waals surface area contributed by atoms with E-state index in [4.69, 9.17) is 0 Å². The van der Waals surface area contributed by atoms with Gasteiger partial charge < -0.3 is 10.6 Å². The van der Waals surface area contributed by atoms with Gasteiger partial charge in [0.15, 0.2) is 0 Å². The van der Waals surface area contributed by atoms with Crippen molar-refractivity contribution < 1.29 is 14.0 Å². The highest BCUT2D eigenvalue weighted by molar-refractivity contribution is 5.83. The summed E-state index contributed by atoms with van der Waals surface area (Å²) in [6, 6.07) is 5.84. The predicted octanol–water partition coefficient (Wildman–Crippen LogP) is 0.578. The van der Waals surface area contributed by atoms with Crippen LogP contribution < -0.4 is 10.6 Å². The standard InChI is InChI=1S/C11H13FN2O2/c1-8(15)13-7-11(16)14-6-9-2-4-10(12)5-3-9/h2-5H,6-7H2,1H3,(H,13,15)(H,14,16). The molecule has 1 rings (SSSR count). The van der Waals surface area contributed by atoms with Gasteiger partial charge in [0.05, 0.1) is 6.54 Å². The molecule has 1 aromatic rings. The van der Waals surface area contributed by atoms with Crippen LogP contribution in [0.1, 0.15) is 12.5 Å². The van der Waals surface area contributed by atoms with Gasteiger partial charge in [0, 0.05) is 13.5 Å². The Bertz CT molecular complexity index is 376. The van der Waals surface area contributed by atoms with Crippen LogP contribution in [0, 0.1) is 5.82 Å². The number of rotatable bonds is 4. The molecule has 16 heavy (non-hydrogen) atoms. The van der Waals surface area contributed by atoms with Crippen molar-refractivity contribution in [2.75, 3.05) is 6.54 Å². The van der Waals surface area contributed by atoms with E-state index in [0.29, 0.717) is 6.54 Å². The summed E-state index contributed by atoms with van der Waals surface area (Å²) in [5.74, 6) is -0.843. The molecule has 86 valence electrons. The van der Waals surface area contributed by atoms with E-state index < -0.39 is 0 Å². The van der Waals surface area contributed by atoms with Crippen LogP contribution >= 0.6 is 0 Å². The van der Waals surface area contributed by atoms with Crippen molar-refractivity contribution in [1.82, 2.24) is 10.6 Å². The number of hydrogen-bond acceptors (Lipinski definition) is 2. The summed E-state index contributed by atoms with van der Waals surface area (Å²) >= 11 is 0. The second-order valence-corrected chi connectivity index (χ2v) is 3.31. The van der Waals surface area contributed by atoms with Crippen LogP contribution in [0.3, 0.4) is 0 Å².